The maximum Gasteiger partial charge on any atom is 0.0587 e. The Bertz CT molecular complexity index is 518. The highest BCUT2D eigenvalue weighted by Gasteiger charge is 2.19. The normalized spacial score (nSPS) is 12.2. The second-order valence-electron chi connectivity index (χ2n) is 5.77. The SMILES string of the molecule is COCCNCC(C)(C)Cc1csc2ccccc12. The van der Waals surface area contributed by atoms with Gasteiger partial charge in [-0.05, 0) is 34.2 Å². The van der Waals surface area contributed by atoms with Crippen LogP contribution < -0.4 is 5.32 Å². The van der Waals surface area contributed by atoms with Crippen LogP contribution in [-0.2, 0) is 11.2 Å². The predicted molar refractivity (Wildman–Crippen MR) is 84.1 cm³/mol. The summed E-state index contributed by atoms with van der Waals surface area (Å²) in [7, 11) is 1.74. The molecule has 0 spiro atoms. The standard InChI is InChI=1S/C16H23NOS/c1-16(2,12-17-8-9-18-3)10-13-11-19-15-7-5-4-6-14(13)15/h4-7,11,17H,8-10,12H2,1-3H3. The summed E-state index contributed by atoms with van der Waals surface area (Å²) >= 11 is 1.85. The summed E-state index contributed by atoms with van der Waals surface area (Å²) in [4.78, 5) is 0. The van der Waals surface area contributed by atoms with Crippen LogP contribution in [-0.4, -0.2) is 26.8 Å². The van der Waals surface area contributed by atoms with Crippen molar-refractivity contribution in [3.8, 4) is 0 Å². The summed E-state index contributed by atoms with van der Waals surface area (Å²) in [5, 5.41) is 7.19. The summed E-state index contributed by atoms with van der Waals surface area (Å²) < 4.78 is 6.45. The zero-order valence-corrected chi connectivity index (χ0v) is 12.8. The lowest BCUT2D eigenvalue weighted by Crippen LogP contribution is -2.33. The van der Waals surface area contributed by atoms with E-state index in [1.165, 1.54) is 15.6 Å². The summed E-state index contributed by atoms with van der Waals surface area (Å²) in [5.41, 5.74) is 1.73. The fraction of sp³-hybridized carbons (Fsp3) is 0.500. The Morgan fingerprint density at radius 2 is 2.05 bits per heavy atom. The van der Waals surface area contributed by atoms with Gasteiger partial charge in [-0.15, -0.1) is 11.3 Å². The van der Waals surface area contributed by atoms with Crippen LogP contribution in [0.4, 0.5) is 0 Å². The van der Waals surface area contributed by atoms with Crippen molar-refractivity contribution >= 4 is 21.4 Å². The van der Waals surface area contributed by atoms with E-state index >= 15 is 0 Å². The van der Waals surface area contributed by atoms with Crippen molar-refractivity contribution in [2.75, 3.05) is 26.8 Å². The molecule has 1 heterocycles. The first-order valence-electron chi connectivity index (χ1n) is 6.77. The Kier molecular flexibility index (Phi) is 4.97. The molecule has 1 aromatic carbocycles. The van der Waals surface area contributed by atoms with Crippen LogP contribution in [0.1, 0.15) is 19.4 Å². The van der Waals surface area contributed by atoms with Crippen LogP contribution in [0.15, 0.2) is 29.6 Å². The molecule has 2 nitrogen and oxygen atoms in total. The number of rotatable bonds is 7. The zero-order chi connectivity index (χ0) is 13.7. The molecule has 0 aliphatic carbocycles. The fourth-order valence-corrected chi connectivity index (χ4v) is 3.31. The average molecular weight is 277 g/mol. The van der Waals surface area contributed by atoms with E-state index in [2.05, 4.69) is 48.8 Å². The number of hydrogen-bond donors (Lipinski definition) is 1. The molecular formula is C16H23NOS. The van der Waals surface area contributed by atoms with Crippen LogP contribution >= 0.6 is 11.3 Å². The first-order chi connectivity index (χ1) is 9.12. The summed E-state index contributed by atoms with van der Waals surface area (Å²) in [6.07, 6.45) is 1.11. The quantitative estimate of drug-likeness (QED) is 0.779. The molecular weight excluding hydrogens is 254 g/mol. The number of fused-ring (bicyclic) bond motifs is 1. The number of hydrogen-bond acceptors (Lipinski definition) is 3. The average Bonchev–Trinajstić information content (AvgIpc) is 2.78. The summed E-state index contributed by atoms with van der Waals surface area (Å²) in [5.74, 6) is 0. The molecule has 0 bridgehead atoms. The molecule has 0 aliphatic rings. The zero-order valence-electron chi connectivity index (χ0n) is 12.0. The molecule has 0 saturated heterocycles. The van der Waals surface area contributed by atoms with E-state index in [-0.39, 0.29) is 5.41 Å². The van der Waals surface area contributed by atoms with Crippen molar-refractivity contribution in [3.05, 3.63) is 35.2 Å². The van der Waals surface area contributed by atoms with E-state index < -0.39 is 0 Å². The van der Waals surface area contributed by atoms with Crippen molar-refractivity contribution in [2.24, 2.45) is 5.41 Å². The third-order valence-corrected chi connectivity index (χ3v) is 4.33. The van der Waals surface area contributed by atoms with Gasteiger partial charge < -0.3 is 10.1 Å². The number of methoxy groups -OCH3 is 1. The molecule has 2 aromatic rings. The number of nitrogens with one attached hydrogen (secondary N) is 1. The minimum Gasteiger partial charge on any atom is -0.383 e. The molecule has 0 saturated carbocycles. The van der Waals surface area contributed by atoms with Gasteiger partial charge in [-0.25, -0.2) is 0 Å². The molecule has 3 heteroatoms. The fourth-order valence-electron chi connectivity index (χ4n) is 2.35. The first-order valence-corrected chi connectivity index (χ1v) is 7.65. The lowest BCUT2D eigenvalue weighted by Gasteiger charge is -2.25. The van der Waals surface area contributed by atoms with Crippen LogP contribution in [0.5, 0.6) is 0 Å². The Morgan fingerprint density at radius 3 is 2.84 bits per heavy atom. The molecule has 0 fully saturated rings. The van der Waals surface area contributed by atoms with E-state index in [9.17, 15) is 0 Å². The van der Waals surface area contributed by atoms with E-state index in [1.807, 2.05) is 11.3 Å². The maximum atomic E-state index is 5.06. The minimum atomic E-state index is 0.261. The molecule has 19 heavy (non-hydrogen) atoms. The lowest BCUT2D eigenvalue weighted by atomic mass is 9.85. The van der Waals surface area contributed by atoms with Gasteiger partial charge >= 0.3 is 0 Å². The second-order valence-corrected chi connectivity index (χ2v) is 6.68. The molecule has 104 valence electrons. The van der Waals surface area contributed by atoms with Crippen LogP contribution in [0.2, 0.25) is 0 Å². The van der Waals surface area contributed by atoms with Gasteiger partial charge in [0, 0.05) is 24.9 Å². The van der Waals surface area contributed by atoms with Gasteiger partial charge in [0.05, 0.1) is 6.61 Å². The molecule has 0 amide bonds. The van der Waals surface area contributed by atoms with E-state index in [0.717, 1.165) is 26.1 Å². The summed E-state index contributed by atoms with van der Waals surface area (Å²) in [6, 6.07) is 8.67. The Hall–Kier alpha value is -0.900. The second kappa shape index (κ2) is 6.51. The molecule has 0 atom stereocenters. The third kappa shape index (κ3) is 4.03. The monoisotopic (exact) mass is 277 g/mol. The van der Waals surface area contributed by atoms with Crippen molar-refractivity contribution in [1.82, 2.24) is 5.32 Å². The van der Waals surface area contributed by atoms with Crippen molar-refractivity contribution < 1.29 is 4.74 Å². The lowest BCUT2D eigenvalue weighted by molar-refractivity contribution is 0.194. The van der Waals surface area contributed by atoms with Crippen LogP contribution in [0.25, 0.3) is 10.1 Å². The number of benzene rings is 1. The number of ether oxygens (including phenoxy) is 1. The highest BCUT2D eigenvalue weighted by atomic mass is 32.1. The Balaban J connectivity index is 1.99. The Labute approximate surface area is 119 Å². The highest BCUT2D eigenvalue weighted by molar-refractivity contribution is 7.17. The Morgan fingerprint density at radius 1 is 1.26 bits per heavy atom. The van der Waals surface area contributed by atoms with E-state index in [4.69, 9.17) is 4.74 Å². The van der Waals surface area contributed by atoms with Crippen LogP contribution in [0, 0.1) is 5.41 Å². The van der Waals surface area contributed by atoms with Crippen LogP contribution in [0.3, 0.4) is 0 Å². The van der Waals surface area contributed by atoms with Gasteiger partial charge in [0.2, 0.25) is 0 Å². The van der Waals surface area contributed by atoms with Gasteiger partial charge in [-0.3, -0.25) is 0 Å². The van der Waals surface area contributed by atoms with Gasteiger partial charge in [0.15, 0.2) is 0 Å². The highest BCUT2D eigenvalue weighted by Crippen LogP contribution is 2.30. The van der Waals surface area contributed by atoms with Gasteiger partial charge in [-0.1, -0.05) is 32.0 Å². The molecule has 0 unspecified atom stereocenters. The number of thiophene rings is 1. The smallest absolute Gasteiger partial charge is 0.0587 e. The molecule has 0 aliphatic heterocycles. The van der Waals surface area contributed by atoms with Gasteiger partial charge in [0.25, 0.3) is 0 Å². The molecule has 1 aromatic heterocycles. The third-order valence-electron chi connectivity index (χ3n) is 3.32. The van der Waals surface area contributed by atoms with E-state index in [0.29, 0.717) is 0 Å². The van der Waals surface area contributed by atoms with E-state index in [1.54, 1.807) is 7.11 Å². The van der Waals surface area contributed by atoms with Crippen molar-refractivity contribution in [2.45, 2.75) is 20.3 Å². The minimum absolute atomic E-state index is 0.261. The predicted octanol–water partition coefficient (Wildman–Crippen LogP) is 3.71. The molecule has 1 N–H and O–H groups in total. The summed E-state index contributed by atoms with van der Waals surface area (Å²) in [6.45, 7) is 7.35. The maximum absolute atomic E-state index is 5.06. The first kappa shape index (κ1) is 14.5. The van der Waals surface area contributed by atoms with Gasteiger partial charge in [-0.2, -0.15) is 0 Å². The van der Waals surface area contributed by atoms with Crippen molar-refractivity contribution in [1.29, 1.82) is 0 Å². The van der Waals surface area contributed by atoms with Gasteiger partial charge in [0.1, 0.15) is 0 Å². The topological polar surface area (TPSA) is 21.3 Å². The molecule has 2 rings (SSSR count). The largest absolute Gasteiger partial charge is 0.383 e. The van der Waals surface area contributed by atoms with Crippen molar-refractivity contribution in [3.63, 3.8) is 0 Å². The molecule has 0 radical (unpaired) electrons.